The van der Waals surface area contributed by atoms with Gasteiger partial charge in [0.25, 0.3) is 0 Å². The Morgan fingerprint density at radius 3 is 2.38 bits per heavy atom. The van der Waals surface area contributed by atoms with Gasteiger partial charge in [0.05, 0.1) is 0 Å². The van der Waals surface area contributed by atoms with Gasteiger partial charge in [-0.15, -0.1) is 0 Å². The van der Waals surface area contributed by atoms with Crippen LogP contribution in [0.2, 0.25) is 0 Å². The third-order valence-corrected chi connectivity index (χ3v) is 5.24. The maximum atomic E-state index is 12.4. The van der Waals surface area contributed by atoms with E-state index in [0.717, 1.165) is 16.8 Å². The number of urea groups is 1. The van der Waals surface area contributed by atoms with Gasteiger partial charge in [-0.1, -0.05) is 42.5 Å². The van der Waals surface area contributed by atoms with Crippen LogP contribution in [0, 0.1) is 6.92 Å². The van der Waals surface area contributed by atoms with Gasteiger partial charge in [-0.3, -0.25) is 4.79 Å². The lowest BCUT2D eigenvalue weighted by molar-refractivity contribution is -0.132. The number of alkyl carbamates (subject to hydrolysis) is 1. The normalized spacial score (nSPS) is 13.4. The Morgan fingerprint density at radius 1 is 0.938 bits per heavy atom. The van der Waals surface area contributed by atoms with Crippen molar-refractivity contribution in [3.63, 3.8) is 0 Å². The number of piperazine rings is 1. The maximum Gasteiger partial charge on any atom is 0.407 e. The number of nitrogens with zero attached hydrogens (tertiary/aromatic N) is 2. The van der Waals surface area contributed by atoms with Crippen molar-refractivity contribution in [3.05, 3.63) is 65.7 Å². The van der Waals surface area contributed by atoms with Crippen molar-refractivity contribution in [3.8, 4) is 0 Å². The van der Waals surface area contributed by atoms with Gasteiger partial charge in [0.15, 0.2) is 0 Å². The van der Waals surface area contributed by atoms with Crippen LogP contribution < -0.4 is 10.6 Å². The van der Waals surface area contributed by atoms with Crippen molar-refractivity contribution in [1.82, 2.24) is 15.1 Å². The Morgan fingerprint density at radius 2 is 1.66 bits per heavy atom. The summed E-state index contributed by atoms with van der Waals surface area (Å²) in [6, 6.07) is 17.0. The first-order chi connectivity index (χ1) is 15.5. The number of benzene rings is 2. The minimum Gasteiger partial charge on any atom is -0.445 e. The highest BCUT2D eigenvalue weighted by Gasteiger charge is 2.23. The van der Waals surface area contributed by atoms with E-state index in [1.165, 1.54) is 0 Å². The molecule has 1 heterocycles. The molecule has 32 heavy (non-hydrogen) atoms. The monoisotopic (exact) mass is 438 g/mol. The molecule has 0 atom stereocenters. The highest BCUT2D eigenvalue weighted by atomic mass is 16.5. The second-order valence-electron chi connectivity index (χ2n) is 7.76. The number of rotatable bonds is 7. The predicted molar refractivity (Wildman–Crippen MR) is 122 cm³/mol. The first-order valence-corrected chi connectivity index (χ1v) is 10.9. The summed E-state index contributed by atoms with van der Waals surface area (Å²) in [6.07, 6.45) is 0.386. The molecule has 0 aromatic heterocycles. The number of hydrogen-bond acceptors (Lipinski definition) is 4. The van der Waals surface area contributed by atoms with Crippen molar-refractivity contribution < 1.29 is 19.1 Å². The summed E-state index contributed by atoms with van der Waals surface area (Å²) in [6.45, 7) is 4.56. The first-order valence-electron chi connectivity index (χ1n) is 10.9. The number of amides is 4. The summed E-state index contributed by atoms with van der Waals surface area (Å²) < 4.78 is 5.15. The second kappa shape index (κ2) is 11.7. The standard InChI is InChI=1S/C24H30N4O4/c1-19-7-5-10-21(17-19)26-23(30)28-15-13-27(14-16-28)22(29)11-6-12-25-24(31)32-18-20-8-3-2-4-9-20/h2-5,7-10,17H,6,11-16,18H2,1H3,(H,25,31)(H,26,30). The zero-order valence-corrected chi connectivity index (χ0v) is 18.4. The largest absolute Gasteiger partial charge is 0.445 e. The Kier molecular flexibility index (Phi) is 8.48. The topological polar surface area (TPSA) is 91.0 Å². The van der Waals surface area contributed by atoms with Crippen LogP contribution in [0.3, 0.4) is 0 Å². The lowest BCUT2D eigenvalue weighted by Crippen LogP contribution is -2.51. The fourth-order valence-corrected chi connectivity index (χ4v) is 3.45. The van der Waals surface area contributed by atoms with Crippen LogP contribution in [0.5, 0.6) is 0 Å². The van der Waals surface area contributed by atoms with Gasteiger partial charge in [0, 0.05) is 44.8 Å². The zero-order chi connectivity index (χ0) is 22.8. The van der Waals surface area contributed by atoms with Crippen molar-refractivity contribution >= 4 is 23.7 Å². The minimum atomic E-state index is -0.491. The number of carbonyl (C=O) groups is 3. The van der Waals surface area contributed by atoms with Gasteiger partial charge in [-0.25, -0.2) is 9.59 Å². The van der Waals surface area contributed by atoms with Crippen LogP contribution in [0.15, 0.2) is 54.6 Å². The van der Waals surface area contributed by atoms with E-state index >= 15 is 0 Å². The quantitative estimate of drug-likeness (QED) is 0.649. The number of carbonyl (C=O) groups excluding carboxylic acids is 3. The predicted octanol–water partition coefficient (Wildman–Crippen LogP) is 3.38. The Bertz CT molecular complexity index is 911. The minimum absolute atomic E-state index is 0.0307. The second-order valence-corrected chi connectivity index (χ2v) is 7.76. The molecule has 0 radical (unpaired) electrons. The van der Waals surface area contributed by atoms with E-state index in [2.05, 4.69) is 10.6 Å². The summed E-state index contributed by atoms with van der Waals surface area (Å²) in [5.74, 6) is 0.0307. The molecule has 2 aromatic carbocycles. The summed E-state index contributed by atoms with van der Waals surface area (Å²) >= 11 is 0. The van der Waals surface area contributed by atoms with E-state index in [1.54, 1.807) is 9.80 Å². The average Bonchev–Trinajstić information content (AvgIpc) is 2.81. The molecule has 170 valence electrons. The van der Waals surface area contributed by atoms with Crippen LogP contribution in [0.4, 0.5) is 15.3 Å². The Hall–Kier alpha value is -3.55. The highest BCUT2D eigenvalue weighted by molar-refractivity contribution is 5.89. The fourth-order valence-electron chi connectivity index (χ4n) is 3.45. The number of aryl methyl sites for hydroxylation is 1. The molecule has 1 aliphatic rings. The molecule has 2 aromatic rings. The van der Waals surface area contributed by atoms with E-state index in [9.17, 15) is 14.4 Å². The molecular formula is C24H30N4O4. The van der Waals surface area contributed by atoms with Gasteiger partial charge in [0.1, 0.15) is 6.61 Å². The van der Waals surface area contributed by atoms with Gasteiger partial charge in [-0.2, -0.15) is 0 Å². The Labute approximate surface area is 188 Å². The molecule has 0 aliphatic carbocycles. The SMILES string of the molecule is Cc1cccc(NC(=O)N2CCN(C(=O)CCCNC(=O)OCc3ccccc3)CC2)c1. The van der Waals surface area contributed by atoms with E-state index < -0.39 is 6.09 Å². The van der Waals surface area contributed by atoms with Crippen molar-refractivity contribution in [2.45, 2.75) is 26.4 Å². The molecule has 1 saturated heterocycles. The summed E-state index contributed by atoms with van der Waals surface area (Å²) in [5.41, 5.74) is 2.77. The number of ether oxygens (including phenoxy) is 1. The molecule has 1 fully saturated rings. The summed E-state index contributed by atoms with van der Waals surface area (Å²) in [7, 11) is 0. The van der Waals surface area contributed by atoms with E-state index in [4.69, 9.17) is 4.74 Å². The lowest BCUT2D eigenvalue weighted by atomic mass is 10.2. The van der Waals surface area contributed by atoms with Crippen LogP contribution >= 0.6 is 0 Å². The fraction of sp³-hybridized carbons (Fsp3) is 0.375. The molecule has 0 bridgehead atoms. The van der Waals surface area contributed by atoms with Gasteiger partial charge >= 0.3 is 12.1 Å². The first kappa shape index (κ1) is 23.1. The number of nitrogens with one attached hydrogen (secondary N) is 2. The van der Waals surface area contributed by atoms with Crippen molar-refractivity contribution in [2.75, 3.05) is 38.0 Å². The van der Waals surface area contributed by atoms with Gasteiger partial charge < -0.3 is 25.2 Å². The third kappa shape index (κ3) is 7.30. The lowest BCUT2D eigenvalue weighted by Gasteiger charge is -2.34. The number of anilines is 1. The molecule has 1 aliphatic heterocycles. The van der Waals surface area contributed by atoms with Gasteiger partial charge in [0.2, 0.25) is 5.91 Å². The van der Waals surface area contributed by atoms with E-state index in [1.807, 2.05) is 61.5 Å². The number of hydrogen-bond donors (Lipinski definition) is 2. The molecule has 0 unspecified atom stereocenters. The summed E-state index contributed by atoms with van der Waals surface area (Å²) in [5, 5.41) is 5.57. The van der Waals surface area contributed by atoms with Crippen molar-refractivity contribution in [2.24, 2.45) is 0 Å². The highest BCUT2D eigenvalue weighted by Crippen LogP contribution is 2.12. The maximum absolute atomic E-state index is 12.4. The third-order valence-electron chi connectivity index (χ3n) is 5.24. The van der Waals surface area contributed by atoms with E-state index in [0.29, 0.717) is 45.6 Å². The molecule has 4 amide bonds. The van der Waals surface area contributed by atoms with E-state index in [-0.39, 0.29) is 18.5 Å². The molecule has 3 rings (SSSR count). The zero-order valence-electron chi connectivity index (χ0n) is 18.4. The van der Waals surface area contributed by atoms with Crippen LogP contribution in [0.25, 0.3) is 0 Å². The van der Waals surface area contributed by atoms with Crippen molar-refractivity contribution in [1.29, 1.82) is 0 Å². The molecule has 0 spiro atoms. The van der Waals surface area contributed by atoms with Crippen LogP contribution in [0.1, 0.15) is 24.0 Å². The average molecular weight is 439 g/mol. The molecule has 8 heteroatoms. The smallest absolute Gasteiger partial charge is 0.407 e. The molecular weight excluding hydrogens is 408 g/mol. The molecule has 8 nitrogen and oxygen atoms in total. The van der Waals surface area contributed by atoms with Crippen LogP contribution in [-0.4, -0.2) is 60.6 Å². The Balaban J connectivity index is 1.29. The van der Waals surface area contributed by atoms with Crippen LogP contribution in [-0.2, 0) is 16.1 Å². The summed E-state index contributed by atoms with van der Waals surface area (Å²) in [4.78, 5) is 40.1. The molecule has 0 saturated carbocycles. The molecule has 2 N–H and O–H groups in total. The van der Waals surface area contributed by atoms with Gasteiger partial charge in [-0.05, 0) is 36.6 Å².